The predicted molar refractivity (Wildman–Crippen MR) is 114 cm³/mol. The molecule has 3 saturated heterocycles. The van der Waals surface area contributed by atoms with Crippen LogP contribution in [0.15, 0.2) is 48.5 Å². The highest BCUT2D eigenvalue weighted by molar-refractivity contribution is 5.93. The first-order valence-electron chi connectivity index (χ1n) is 10.1. The summed E-state index contributed by atoms with van der Waals surface area (Å²) in [6.45, 7) is 3.20. The molecule has 2 aromatic carbocycles. The van der Waals surface area contributed by atoms with Crippen LogP contribution in [0.5, 0.6) is 0 Å². The van der Waals surface area contributed by atoms with E-state index in [0.717, 1.165) is 55.0 Å². The Balaban J connectivity index is 1.36. The van der Waals surface area contributed by atoms with Crippen molar-refractivity contribution in [1.82, 2.24) is 4.90 Å². The van der Waals surface area contributed by atoms with Crippen LogP contribution < -0.4 is 10.6 Å². The van der Waals surface area contributed by atoms with E-state index in [9.17, 15) is 9.59 Å². The highest BCUT2D eigenvalue weighted by atomic mass is 16.5. The highest BCUT2D eigenvalue weighted by Crippen LogP contribution is 2.33. The lowest BCUT2D eigenvalue weighted by atomic mass is 9.78. The molecular weight excluding hydrogens is 366 g/mol. The number of hydrogen-bond donors (Lipinski definition) is 2. The van der Waals surface area contributed by atoms with Gasteiger partial charge in [0, 0.05) is 25.0 Å². The molecule has 3 aliphatic rings. The minimum Gasteiger partial charge on any atom is -0.375 e. The van der Waals surface area contributed by atoms with Gasteiger partial charge in [-0.3, -0.25) is 9.59 Å². The first-order chi connectivity index (χ1) is 14.1. The molecule has 0 saturated carbocycles. The van der Waals surface area contributed by atoms with Crippen molar-refractivity contribution < 1.29 is 14.3 Å². The number of nitrogens with one attached hydrogen (secondary N) is 2. The molecule has 0 spiro atoms. The fraction of sp³-hybridized carbons (Fsp3) is 0.391. The number of carbonyl (C=O) groups excluding carboxylic acids is 2. The molecule has 0 aliphatic carbocycles. The average Bonchev–Trinajstić information content (AvgIpc) is 2.76. The van der Waals surface area contributed by atoms with Gasteiger partial charge in [-0.15, -0.1) is 0 Å². The number of ether oxygens (including phenoxy) is 1. The quantitative estimate of drug-likeness (QED) is 0.791. The van der Waals surface area contributed by atoms with Gasteiger partial charge in [0.25, 0.3) is 0 Å². The Labute approximate surface area is 171 Å². The molecule has 3 fully saturated rings. The number of nitrogens with zero attached hydrogens (tertiary/aromatic N) is 1. The molecule has 0 radical (unpaired) electrons. The van der Waals surface area contributed by atoms with Crippen molar-refractivity contribution >= 4 is 23.2 Å². The second kappa shape index (κ2) is 8.76. The average molecular weight is 393 g/mol. The van der Waals surface area contributed by atoms with Gasteiger partial charge >= 0.3 is 0 Å². The third kappa shape index (κ3) is 4.66. The molecule has 2 N–H and O–H groups in total. The van der Waals surface area contributed by atoms with Crippen LogP contribution in [0.25, 0.3) is 11.1 Å². The van der Waals surface area contributed by atoms with E-state index in [1.54, 1.807) is 0 Å². The van der Waals surface area contributed by atoms with Crippen molar-refractivity contribution in [2.45, 2.75) is 12.8 Å². The summed E-state index contributed by atoms with van der Waals surface area (Å²) in [7, 11) is 1.49. The zero-order valence-corrected chi connectivity index (χ0v) is 16.7. The van der Waals surface area contributed by atoms with Crippen molar-refractivity contribution in [2.24, 2.45) is 11.8 Å². The van der Waals surface area contributed by atoms with E-state index in [1.165, 1.54) is 7.11 Å². The Morgan fingerprint density at radius 2 is 1.48 bits per heavy atom. The van der Waals surface area contributed by atoms with Crippen LogP contribution in [0.4, 0.5) is 11.4 Å². The second-order valence-electron chi connectivity index (χ2n) is 7.87. The summed E-state index contributed by atoms with van der Waals surface area (Å²) >= 11 is 0. The molecule has 6 heteroatoms. The number of methoxy groups -OCH3 is 1. The molecule has 3 aliphatic heterocycles. The molecule has 2 aromatic rings. The topological polar surface area (TPSA) is 70.7 Å². The van der Waals surface area contributed by atoms with E-state index in [0.29, 0.717) is 5.92 Å². The third-order valence-electron chi connectivity index (χ3n) is 5.92. The van der Waals surface area contributed by atoms with E-state index in [-0.39, 0.29) is 24.3 Å². The summed E-state index contributed by atoms with van der Waals surface area (Å²) in [6, 6.07) is 15.6. The number of anilines is 2. The summed E-state index contributed by atoms with van der Waals surface area (Å²) in [5.41, 5.74) is 3.67. The minimum absolute atomic E-state index is 0.0363. The zero-order valence-electron chi connectivity index (χ0n) is 16.7. The monoisotopic (exact) mass is 393 g/mol. The van der Waals surface area contributed by atoms with Crippen molar-refractivity contribution in [3.63, 3.8) is 0 Å². The fourth-order valence-electron chi connectivity index (χ4n) is 4.32. The van der Waals surface area contributed by atoms with E-state index in [2.05, 4.69) is 15.5 Å². The van der Waals surface area contributed by atoms with E-state index >= 15 is 0 Å². The number of fused-ring (bicyclic) bond motifs is 3. The standard InChI is InChI=1S/C23H27N3O3/c1-29-15-22(27)24-19-6-2-16(3-7-19)17-4-8-20(9-5-17)25-23(28)21-14-26-12-10-18(21)11-13-26/h2-9,18,21H,10-15H2,1H3,(H,24,27)(H,25,28). The summed E-state index contributed by atoms with van der Waals surface area (Å²) in [4.78, 5) is 26.7. The van der Waals surface area contributed by atoms with Crippen LogP contribution in [-0.4, -0.2) is 50.1 Å². The van der Waals surface area contributed by atoms with Gasteiger partial charge in [-0.2, -0.15) is 0 Å². The lowest BCUT2D eigenvalue weighted by Crippen LogP contribution is -2.51. The Hall–Kier alpha value is -2.70. The largest absolute Gasteiger partial charge is 0.375 e. The number of benzene rings is 2. The zero-order chi connectivity index (χ0) is 20.2. The van der Waals surface area contributed by atoms with Crippen molar-refractivity contribution in [1.29, 1.82) is 0 Å². The molecule has 29 heavy (non-hydrogen) atoms. The lowest BCUT2D eigenvalue weighted by molar-refractivity contribution is -0.125. The number of rotatable bonds is 6. The normalized spacial score (nSPS) is 22.9. The maximum Gasteiger partial charge on any atom is 0.250 e. The summed E-state index contributed by atoms with van der Waals surface area (Å²) < 4.78 is 4.82. The van der Waals surface area contributed by atoms with Gasteiger partial charge in [-0.05, 0) is 67.2 Å². The molecule has 0 aromatic heterocycles. The second-order valence-corrected chi connectivity index (χ2v) is 7.87. The number of amides is 2. The van der Waals surface area contributed by atoms with Crippen LogP contribution in [0.2, 0.25) is 0 Å². The molecule has 3 heterocycles. The van der Waals surface area contributed by atoms with Crippen LogP contribution in [0.1, 0.15) is 12.8 Å². The summed E-state index contributed by atoms with van der Waals surface area (Å²) in [6.07, 6.45) is 2.28. The van der Waals surface area contributed by atoms with Gasteiger partial charge in [0.05, 0.1) is 5.92 Å². The molecule has 1 atom stereocenters. The molecule has 1 unspecified atom stereocenters. The van der Waals surface area contributed by atoms with Gasteiger partial charge in [-0.1, -0.05) is 24.3 Å². The van der Waals surface area contributed by atoms with Crippen LogP contribution in [0, 0.1) is 11.8 Å². The van der Waals surface area contributed by atoms with Crippen LogP contribution in [0.3, 0.4) is 0 Å². The molecule has 2 amide bonds. The Morgan fingerprint density at radius 3 is 1.97 bits per heavy atom. The van der Waals surface area contributed by atoms with Gasteiger partial charge in [0.15, 0.2) is 0 Å². The first-order valence-corrected chi connectivity index (χ1v) is 10.1. The lowest BCUT2D eigenvalue weighted by Gasteiger charge is -2.43. The smallest absolute Gasteiger partial charge is 0.250 e. The van der Waals surface area contributed by atoms with Crippen molar-refractivity contribution in [2.75, 3.05) is 44.0 Å². The van der Waals surface area contributed by atoms with E-state index in [1.807, 2.05) is 48.5 Å². The molecule has 2 bridgehead atoms. The van der Waals surface area contributed by atoms with Crippen LogP contribution in [-0.2, 0) is 14.3 Å². The fourth-order valence-corrected chi connectivity index (χ4v) is 4.32. The van der Waals surface area contributed by atoms with E-state index in [4.69, 9.17) is 4.74 Å². The van der Waals surface area contributed by atoms with Crippen molar-refractivity contribution in [3.8, 4) is 11.1 Å². The SMILES string of the molecule is COCC(=O)Nc1ccc(-c2ccc(NC(=O)C3CN4CCC3CC4)cc2)cc1. The molecule has 152 valence electrons. The number of carbonyl (C=O) groups is 2. The molecule has 5 rings (SSSR count). The van der Waals surface area contributed by atoms with E-state index < -0.39 is 0 Å². The summed E-state index contributed by atoms with van der Waals surface area (Å²) in [5, 5.41) is 5.87. The number of piperidine rings is 3. The Bertz CT molecular complexity index is 856. The molecular formula is C23H27N3O3. The number of hydrogen-bond acceptors (Lipinski definition) is 4. The van der Waals surface area contributed by atoms with Gasteiger partial charge < -0.3 is 20.3 Å². The van der Waals surface area contributed by atoms with Gasteiger partial charge in [0.2, 0.25) is 11.8 Å². The van der Waals surface area contributed by atoms with Gasteiger partial charge in [0.1, 0.15) is 6.61 Å². The van der Waals surface area contributed by atoms with Gasteiger partial charge in [-0.25, -0.2) is 0 Å². The maximum absolute atomic E-state index is 12.7. The summed E-state index contributed by atoms with van der Waals surface area (Å²) in [5.74, 6) is 0.604. The van der Waals surface area contributed by atoms with Crippen LogP contribution >= 0.6 is 0 Å². The first kappa shape index (κ1) is 19.6. The molecule has 6 nitrogen and oxygen atoms in total. The minimum atomic E-state index is -0.177. The highest BCUT2D eigenvalue weighted by Gasteiger charge is 2.38. The maximum atomic E-state index is 12.7. The van der Waals surface area contributed by atoms with Crippen molar-refractivity contribution in [3.05, 3.63) is 48.5 Å². The Morgan fingerprint density at radius 1 is 0.931 bits per heavy atom. The Kier molecular flexibility index (Phi) is 5.92. The predicted octanol–water partition coefficient (Wildman–Crippen LogP) is 3.22. The third-order valence-corrected chi connectivity index (χ3v) is 5.92.